The molecule has 0 amide bonds. The van der Waals surface area contributed by atoms with Crippen LogP contribution in [0.2, 0.25) is 0 Å². The zero-order valence-electron chi connectivity index (χ0n) is 10.1. The van der Waals surface area contributed by atoms with Gasteiger partial charge in [-0.05, 0) is 45.4 Å². The summed E-state index contributed by atoms with van der Waals surface area (Å²) in [5.74, 6) is 0.782. The van der Waals surface area contributed by atoms with Crippen molar-refractivity contribution in [2.24, 2.45) is 11.7 Å². The molecule has 2 rings (SSSR count). The van der Waals surface area contributed by atoms with Crippen LogP contribution in [0.3, 0.4) is 0 Å². The Morgan fingerprint density at radius 2 is 2.00 bits per heavy atom. The number of anilines is 1. The van der Waals surface area contributed by atoms with E-state index in [1.165, 1.54) is 30.6 Å². The summed E-state index contributed by atoms with van der Waals surface area (Å²) in [5.41, 5.74) is 7.05. The zero-order valence-corrected chi connectivity index (χ0v) is 10.9. The van der Waals surface area contributed by atoms with Gasteiger partial charge in [0.2, 0.25) is 0 Å². The van der Waals surface area contributed by atoms with Crippen molar-refractivity contribution in [3.63, 3.8) is 0 Å². The molecular formula is C12H21N3S. The van der Waals surface area contributed by atoms with Gasteiger partial charge in [-0.3, -0.25) is 0 Å². The Morgan fingerprint density at radius 3 is 2.56 bits per heavy atom. The second-order valence-electron chi connectivity index (χ2n) is 4.82. The van der Waals surface area contributed by atoms with Crippen molar-refractivity contribution in [1.29, 1.82) is 0 Å². The number of hydrogen-bond acceptors (Lipinski definition) is 4. The molecular weight excluding hydrogens is 218 g/mol. The lowest BCUT2D eigenvalue weighted by Gasteiger charge is -2.25. The Hall–Kier alpha value is -0.610. The fourth-order valence-electron chi connectivity index (χ4n) is 2.17. The summed E-state index contributed by atoms with van der Waals surface area (Å²) in [5, 5.41) is 4.53. The van der Waals surface area contributed by atoms with E-state index in [1.54, 1.807) is 11.3 Å². The van der Waals surface area contributed by atoms with Gasteiger partial charge in [0.25, 0.3) is 0 Å². The van der Waals surface area contributed by atoms with Gasteiger partial charge in [-0.2, -0.15) is 0 Å². The minimum Gasteiger partial charge on any atom is -0.361 e. The Bertz CT molecular complexity index is 321. The summed E-state index contributed by atoms with van der Waals surface area (Å²) < 4.78 is 0. The largest absolute Gasteiger partial charge is 0.361 e. The van der Waals surface area contributed by atoms with Crippen LogP contribution in [0, 0.1) is 19.8 Å². The lowest BCUT2D eigenvalue weighted by atomic mass is 9.86. The first kappa shape index (κ1) is 11.9. The first-order chi connectivity index (χ1) is 7.65. The SMILES string of the molecule is Cc1nc(NCC2CCC(N)CC2)sc1C. The number of thiazole rings is 1. The van der Waals surface area contributed by atoms with Crippen LogP contribution in [-0.2, 0) is 0 Å². The third kappa shape index (κ3) is 2.95. The topological polar surface area (TPSA) is 50.9 Å². The van der Waals surface area contributed by atoms with E-state index in [9.17, 15) is 0 Å². The van der Waals surface area contributed by atoms with Crippen molar-refractivity contribution in [2.45, 2.75) is 45.6 Å². The number of nitrogens with two attached hydrogens (primary N) is 1. The van der Waals surface area contributed by atoms with Gasteiger partial charge in [0.15, 0.2) is 5.13 Å². The number of hydrogen-bond donors (Lipinski definition) is 2. The maximum absolute atomic E-state index is 5.90. The van der Waals surface area contributed by atoms with Crippen molar-refractivity contribution in [3.05, 3.63) is 10.6 Å². The molecule has 0 bridgehead atoms. The van der Waals surface area contributed by atoms with Gasteiger partial charge in [0.1, 0.15) is 0 Å². The predicted octanol–water partition coefficient (Wildman–Crippen LogP) is 2.69. The number of nitrogens with one attached hydrogen (secondary N) is 1. The molecule has 1 aliphatic carbocycles. The van der Waals surface area contributed by atoms with E-state index in [0.717, 1.165) is 23.3 Å². The molecule has 0 radical (unpaired) electrons. The molecule has 1 heterocycles. The van der Waals surface area contributed by atoms with Gasteiger partial charge < -0.3 is 11.1 Å². The van der Waals surface area contributed by atoms with Gasteiger partial charge >= 0.3 is 0 Å². The van der Waals surface area contributed by atoms with E-state index in [0.29, 0.717) is 6.04 Å². The highest BCUT2D eigenvalue weighted by molar-refractivity contribution is 7.15. The molecule has 1 aromatic rings. The second kappa shape index (κ2) is 5.15. The molecule has 4 heteroatoms. The number of rotatable bonds is 3. The summed E-state index contributed by atoms with van der Waals surface area (Å²) in [6, 6.07) is 0.445. The van der Waals surface area contributed by atoms with Crippen LogP contribution in [-0.4, -0.2) is 17.6 Å². The fraction of sp³-hybridized carbons (Fsp3) is 0.750. The minimum atomic E-state index is 0.445. The molecule has 0 aromatic carbocycles. The summed E-state index contributed by atoms with van der Waals surface area (Å²) in [7, 11) is 0. The average Bonchev–Trinajstić information content (AvgIpc) is 2.58. The van der Waals surface area contributed by atoms with Crippen LogP contribution < -0.4 is 11.1 Å². The third-order valence-electron chi connectivity index (χ3n) is 3.46. The van der Waals surface area contributed by atoms with Crippen LogP contribution in [0.1, 0.15) is 36.3 Å². The van der Waals surface area contributed by atoms with Gasteiger partial charge in [-0.25, -0.2) is 4.98 Å². The van der Waals surface area contributed by atoms with Crippen molar-refractivity contribution in [1.82, 2.24) is 4.98 Å². The molecule has 0 atom stereocenters. The monoisotopic (exact) mass is 239 g/mol. The smallest absolute Gasteiger partial charge is 0.183 e. The van der Waals surface area contributed by atoms with Gasteiger partial charge in [-0.1, -0.05) is 0 Å². The molecule has 0 spiro atoms. The summed E-state index contributed by atoms with van der Waals surface area (Å²) in [6.45, 7) is 5.24. The molecule has 0 unspecified atom stereocenters. The average molecular weight is 239 g/mol. The zero-order chi connectivity index (χ0) is 11.5. The maximum Gasteiger partial charge on any atom is 0.183 e. The first-order valence-corrected chi connectivity index (χ1v) is 6.90. The fourth-order valence-corrected chi connectivity index (χ4v) is 2.99. The summed E-state index contributed by atoms with van der Waals surface area (Å²) >= 11 is 1.76. The van der Waals surface area contributed by atoms with E-state index in [-0.39, 0.29) is 0 Å². The molecule has 16 heavy (non-hydrogen) atoms. The summed E-state index contributed by atoms with van der Waals surface area (Å²) in [6.07, 6.45) is 4.89. The molecule has 1 saturated carbocycles. The Balaban J connectivity index is 1.79. The minimum absolute atomic E-state index is 0.445. The van der Waals surface area contributed by atoms with Crippen LogP contribution in [0.4, 0.5) is 5.13 Å². The lowest BCUT2D eigenvalue weighted by Crippen LogP contribution is -2.29. The number of nitrogens with zero attached hydrogens (tertiary/aromatic N) is 1. The van der Waals surface area contributed by atoms with Crippen LogP contribution in [0.25, 0.3) is 0 Å². The van der Waals surface area contributed by atoms with E-state index in [4.69, 9.17) is 5.73 Å². The van der Waals surface area contributed by atoms with E-state index in [1.807, 2.05) is 0 Å². The van der Waals surface area contributed by atoms with Crippen LogP contribution in [0.15, 0.2) is 0 Å². The van der Waals surface area contributed by atoms with E-state index in [2.05, 4.69) is 24.1 Å². The molecule has 1 aromatic heterocycles. The molecule has 1 fully saturated rings. The van der Waals surface area contributed by atoms with E-state index < -0.39 is 0 Å². The van der Waals surface area contributed by atoms with Gasteiger partial charge in [0.05, 0.1) is 5.69 Å². The van der Waals surface area contributed by atoms with E-state index >= 15 is 0 Å². The highest BCUT2D eigenvalue weighted by Gasteiger charge is 2.18. The second-order valence-corrected chi connectivity index (χ2v) is 6.03. The Morgan fingerprint density at radius 1 is 1.31 bits per heavy atom. The molecule has 3 nitrogen and oxygen atoms in total. The highest BCUT2D eigenvalue weighted by Crippen LogP contribution is 2.25. The van der Waals surface area contributed by atoms with Crippen molar-refractivity contribution in [2.75, 3.05) is 11.9 Å². The number of aryl methyl sites for hydroxylation is 2. The van der Waals surface area contributed by atoms with Crippen molar-refractivity contribution >= 4 is 16.5 Å². The van der Waals surface area contributed by atoms with Crippen molar-refractivity contribution < 1.29 is 0 Å². The summed E-state index contributed by atoms with van der Waals surface area (Å²) in [4.78, 5) is 5.81. The van der Waals surface area contributed by atoms with Crippen molar-refractivity contribution in [3.8, 4) is 0 Å². The number of aromatic nitrogens is 1. The van der Waals surface area contributed by atoms with Crippen LogP contribution >= 0.6 is 11.3 Å². The van der Waals surface area contributed by atoms with Gasteiger partial charge in [-0.15, -0.1) is 11.3 Å². The van der Waals surface area contributed by atoms with Crippen LogP contribution in [0.5, 0.6) is 0 Å². The molecule has 0 saturated heterocycles. The molecule has 1 aliphatic rings. The molecule has 3 N–H and O–H groups in total. The highest BCUT2D eigenvalue weighted by atomic mass is 32.1. The Labute approximate surface area is 101 Å². The predicted molar refractivity (Wildman–Crippen MR) is 70.0 cm³/mol. The Kier molecular flexibility index (Phi) is 3.82. The maximum atomic E-state index is 5.90. The quantitative estimate of drug-likeness (QED) is 0.852. The molecule has 90 valence electrons. The third-order valence-corrected chi connectivity index (χ3v) is 4.49. The first-order valence-electron chi connectivity index (χ1n) is 6.08. The lowest BCUT2D eigenvalue weighted by molar-refractivity contribution is 0.339. The normalized spacial score (nSPS) is 25.7. The molecule has 0 aliphatic heterocycles. The standard InChI is InChI=1S/C12H21N3S/c1-8-9(2)16-12(15-8)14-7-10-3-5-11(13)6-4-10/h10-11H,3-7,13H2,1-2H3,(H,14,15). The van der Waals surface area contributed by atoms with Gasteiger partial charge in [0, 0.05) is 17.5 Å².